The number of nitrogens with zero attached hydrogens (tertiary/aromatic N) is 3. The zero-order chi connectivity index (χ0) is 17.5. The predicted octanol–water partition coefficient (Wildman–Crippen LogP) is 3.19. The smallest absolute Gasteiger partial charge is 0.391 e. The third-order valence-electron chi connectivity index (χ3n) is 4.30. The van der Waals surface area contributed by atoms with E-state index in [0.29, 0.717) is 22.0 Å². The molecule has 2 heterocycles. The van der Waals surface area contributed by atoms with E-state index in [-0.39, 0.29) is 10.9 Å². The number of rotatable bonds is 4. The minimum atomic E-state index is -4.26. The van der Waals surface area contributed by atoms with E-state index in [0.717, 1.165) is 30.6 Å². The average Bonchev–Trinajstić information content (AvgIpc) is 3.08. The minimum Gasteiger partial charge on any atom is -0.391 e. The maximum Gasteiger partial charge on any atom is 0.393 e. The van der Waals surface area contributed by atoms with Crippen LogP contribution in [0, 0.1) is 0 Å². The molecule has 2 unspecified atom stereocenters. The molecule has 1 aliphatic carbocycles. The molecule has 2 aromatic rings. The molecule has 9 heteroatoms. The van der Waals surface area contributed by atoms with Crippen molar-refractivity contribution >= 4 is 33.3 Å². The van der Waals surface area contributed by atoms with Crippen LogP contribution in [0.15, 0.2) is 6.07 Å². The summed E-state index contributed by atoms with van der Waals surface area (Å²) in [7, 11) is 3.49. The van der Waals surface area contributed by atoms with Crippen molar-refractivity contribution in [3.05, 3.63) is 10.9 Å². The van der Waals surface area contributed by atoms with Gasteiger partial charge < -0.3 is 15.3 Å². The van der Waals surface area contributed by atoms with Gasteiger partial charge >= 0.3 is 6.18 Å². The summed E-state index contributed by atoms with van der Waals surface area (Å²) in [5, 5.41) is 13.6. The molecule has 2 N–H and O–H groups in total. The number of aliphatic hydroxyl groups excluding tert-OH is 1. The Bertz CT molecular complexity index is 733. The van der Waals surface area contributed by atoms with Crippen LogP contribution in [-0.4, -0.2) is 47.5 Å². The second kappa shape index (κ2) is 6.36. The normalized spacial score (nSPS) is 21.4. The van der Waals surface area contributed by atoms with Crippen molar-refractivity contribution in [2.45, 2.75) is 44.0 Å². The maximum atomic E-state index is 12.7. The number of anilines is 2. The highest BCUT2D eigenvalue weighted by atomic mass is 32.1. The van der Waals surface area contributed by atoms with Crippen LogP contribution >= 0.6 is 11.3 Å². The fourth-order valence-corrected chi connectivity index (χ4v) is 4.20. The predicted molar refractivity (Wildman–Crippen MR) is 88.8 cm³/mol. The lowest BCUT2D eigenvalue weighted by Crippen LogP contribution is -2.38. The SMILES string of the molecule is CNc1nc(N(C)C2CCCC2O)c2cc(CC(F)(F)F)sc2n1. The standard InChI is InChI=1S/C15H19F3N4OS/c1-19-14-20-12(22(2)10-4-3-5-11(10)23)9-6-8(7-15(16,17)18)24-13(9)21-14/h6,10-11,23H,3-5,7H2,1-2H3,(H,19,20,21). The molecule has 0 bridgehead atoms. The van der Waals surface area contributed by atoms with E-state index in [1.807, 2.05) is 11.9 Å². The number of aliphatic hydroxyl groups is 1. The van der Waals surface area contributed by atoms with Gasteiger partial charge in [0, 0.05) is 19.0 Å². The monoisotopic (exact) mass is 360 g/mol. The first kappa shape index (κ1) is 17.2. The number of aromatic nitrogens is 2. The van der Waals surface area contributed by atoms with Gasteiger partial charge in [-0.3, -0.25) is 0 Å². The Morgan fingerprint density at radius 2 is 2.12 bits per heavy atom. The molecule has 2 atom stereocenters. The fourth-order valence-electron chi connectivity index (χ4n) is 3.15. The van der Waals surface area contributed by atoms with E-state index in [4.69, 9.17) is 0 Å². The molecule has 0 spiro atoms. The van der Waals surface area contributed by atoms with Crippen LogP contribution in [0.25, 0.3) is 10.2 Å². The van der Waals surface area contributed by atoms with Crippen molar-refractivity contribution in [2.24, 2.45) is 0 Å². The van der Waals surface area contributed by atoms with Crippen LogP contribution in [0.3, 0.4) is 0 Å². The Kier molecular flexibility index (Phi) is 4.56. The second-order valence-electron chi connectivity index (χ2n) is 6.02. The molecule has 0 radical (unpaired) electrons. The fraction of sp³-hybridized carbons (Fsp3) is 0.600. The molecule has 1 fully saturated rings. The Hall–Kier alpha value is -1.61. The highest BCUT2D eigenvalue weighted by Crippen LogP contribution is 2.36. The van der Waals surface area contributed by atoms with Crippen LogP contribution < -0.4 is 10.2 Å². The third kappa shape index (κ3) is 3.41. The van der Waals surface area contributed by atoms with E-state index < -0.39 is 18.7 Å². The highest BCUT2D eigenvalue weighted by Gasteiger charge is 2.32. The van der Waals surface area contributed by atoms with Crippen molar-refractivity contribution < 1.29 is 18.3 Å². The van der Waals surface area contributed by atoms with Crippen molar-refractivity contribution in [1.82, 2.24) is 9.97 Å². The first-order valence-corrected chi connectivity index (χ1v) is 8.56. The van der Waals surface area contributed by atoms with Gasteiger partial charge in [-0.2, -0.15) is 18.2 Å². The van der Waals surface area contributed by atoms with Crippen LogP contribution in [-0.2, 0) is 6.42 Å². The summed E-state index contributed by atoms with van der Waals surface area (Å²) in [5.41, 5.74) is 0. The third-order valence-corrected chi connectivity index (χ3v) is 5.33. The molecule has 0 saturated heterocycles. The Morgan fingerprint density at radius 1 is 1.38 bits per heavy atom. The molecule has 1 saturated carbocycles. The van der Waals surface area contributed by atoms with Crippen LogP contribution in [0.2, 0.25) is 0 Å². The number of hydrogen-bond acceptors (Lipinski definition) is 6. The number of thiophene rings is 1. The van der Waals surface area contributed by atoms with Crippen LogP contribution in [0.5, 0.6) is 0 Å². The first-order valence-electron chi connectivity index (χ1n) is 7.74. The number of likely N-dealkylation sites (N-methyl/N-ethyl adjacent to an activating group) is 1. The molecule has 2 aromatic heterocycles. The number of alkyl halides is 3. The Balaban J connectivity index is 2.04. The summed E-state index contributed by atoms with van der Waals surface area (Å²) in [6, 6.07) is 1.43. The maximum absolute atomic E-state index is 12.7. The van der Waals surface area contributed by atoms with E-state index in [2.05, 4.69) is 15.3 Å². The summed E-state index contributed by atoms with van der Waals surface area (Å²) in [4.78, 5) is 11.3. The zero-order valence-corrected chi connectivity index (χ0v) is 14.2. The van der Waals surface area contributed by atoms with Crippen LogP contribution in [0.1, 0.15) is 24.1 Å². The van der Waals surface area contributed by atoms with Gasteiger partial charge in [0.1, 0.15) is 10.6 Å². The van der Waals surface area contributed by atoms with Crippen LogP contribution in [0.4, 0.5) is 24.9 Å². The van der Waals surface area contributed by atoms with Gasteiger partial charge in [0.15, 0.2) is 0 Å². The van der Waals surface area contributed by atoms with E-state index in [9.17, 15) is 18.3 Å². The lowest BCUT2D eigenvalue weighted by molar-refractivity contribution is -0.126. The zero-order valence-electron chi connectivity index (χ0n) is 13.4. The largest absolute Gasteiger partial charge is 0.393 e. The number of fused-ring (bicyclic) bond motifs is 1. The van der Waals surface area contributed by atoms with Gasteiger partial charge in [-0.05, 0) is 25.3 Å². The van der Waals surface area contributed by atoms with Crippen molar-refractivity contribution in [3.8, 4) is 0 Å². The second-order valence-corrected chi connectivity index (χ2v) is 7.14. The summed E-state index contributed by atoms with van der Waals surface area (Å²) >= 11 is 1.03. The first-order chi connectivity index (χ1) is 11.3. The Morgan fingerprint density at radius 3 is 2.71 bits per heavy atom. The molecule has 1 aliphatic rings. The summed E-state index contributed by atoms with van der Waals surface area (Å²) < 4.78 is 38.1. The number of nitrogens with one attached hydrogen (secondary N) is 1. The molecule has 0 aliphatic heterocycles. The van der Waals surface area contributed by atoms with Gasteiger partial charge in [0.2, 0.25) is 5.95 Å². The molecular weight excluding hydrogens is 341 g/mol. The van der Waals surface area contributed by atoms with E-state index in [1.165, 1.54) is 6.07 Å². The summed E-state index contributed by atoms with van der Waals surface area (Å²) in [6.07, 6.45) is -3.20. The van der Waals surface area contributed by atoms with Crippen molar-refractivity contribution in [1.29, 1.82) is 0 Å². The molecule has 24 heavy (non-hydrogen) atoms. The molecule has 0 amide bonds. The van der Waals surface area contributed by atoms with Gasteiger partial charge in [-0.1, -0.05) is 0 Å². The molecule has 132 valence electrons. The lowest BCUT2D eigenvalue weighted by atomic mass is 10.1. The lowest BCUT2D eigenvalue weighted by Gasteiger charge is -2.28. The molecule has 3 rings (SSSR count). The van der Waals surface area contributed by atoms with Gasteiger partial charge in [-0.25, -0.2) is 4.98 Å². The molecule has 5 nitrogen and oxygen atoms in total. The van der Waals surface area contributed by atoms with Crippen molar-refractivity contribution in [3.63, 3.8) is 0 Å². The average molecular weight is 360 g/mol. The van der Waals surface area contributed by atoms with E-state index in [1.54, 1.807) is 7.05 Å². The van der Waals surface area contributed by atoms with Gasteiger partial charge in [0.25, 0.3) is 0 Å². The van der Waals surface area contributed by atoms with Gasteiger partial charge in [0.05, 0.1) is 24.0 Å². The van der Waals surface area contributed by atoms with Gasteiger partial charge in [-0.15, -0.1) is 11.3 Å². The highest BCUT2D eigenvalue weighted by molar-refractivity contribution is 7.18. The number of halogens is 3. The quantitative estimate of drug-likeness (QED) is 0.877. The molecule has 0 aromatic carbocycles. The number of hydrogen-bond donors (Lipinski definition) is 2. The topological polar surface area (TPSA) is 61.3 Å². The minimum absolute atomic E-state index is 0.0845. The van der Waals surface area contributed by atoms with E-state index >= 15 is 0 Å². The summed E-state index contributed by atoms with van der Waals surface area (Å²) in [6.45, 7) is 0. The molecular formula is C15H19F3N4OS. The van der Waals surface area contributed by atoms with Crippen molar-refractivity contribution in [2.75, 3.05) is 24.3 Å². The Labute approximate surface area is 141 Å². The summed E-state index contributed by atoms with van der Waals surface area (Å²) in [5.74, 6) is 0.914.